The number of rotatable bonds is 8. The number of thioether (sulfide) groups is 1. The molecule has 3 nitrogen and oxygen atoms in total. The average Bonchev–Trinajstić information content (AvgIpc) is 2.26. The highest BCUT2D eigenvalue weighted by atomic mass is 32.2. The molecule has 17 heavy (non-hydrogen) atoms. The summed E-state index contributed by atoms with van der Waals surface area (Å²) < 4.78 is 0. The van der Waals surface area contributed by atoms with Crippen molar-refractivity contribution >= 4 is 17.7 Å². The Kier molecular flexibility index (Phi) is 8.70. The summed E-state index contributed by atoms with van der Waals surface area (Å²) in [6, 6.07) is 0.301. The lowest BCUT2D eigenvalue weighted by Crippen LogP contribution is -2.38. The molecule has 2 N–H and O–H groups in total. The number of nitrogens with two attached hydrogens (primary N) is 1. The van der Waals surface area contributed by atoms with Gasteiger partial charge in [0.2, 0.25) is 5.91 Å². The van der Waals surface area contributed by atoms with Gasteiger partial charge in [0.15, 0.2) is 0 Å². The first-order chi connectivity index (χ1) is 7.92. The van der Waals surface area contributed by atoms with E-state index in [9.17, 15) is 4.79 Å². The zero-order chi connectivity index (χ0) is 13.4. The van der Waals surface area contributed by atoms with Crippen LogP contribution in [0.2, 0.25) is 0 Å². The normalized spacial score (nSPS) is 14.8. The largest absolute Gasteiger partial charge is 0.342 e. The molecule has 0 aromatic heterocycles. The average molecular weight is 260 g/mol. The second-order valence-electron chi connectivity index (χ2n) is 5.24. The Morgan fingerprint density at radius 1 is 1.35 bits per heavy atom. The third-order valence-corrected chi connectivity index (χ3v) is 3.88. The van der Waals surface area contributed by atoms with Crippen molar-refractivity contribution in [2.24, 2.45) is 17.6 Å². The van der Waals surface area contributed by atoms with E-state index >= 15 is 0 Å². The summed E-state index contributed by atoms with van der Waals surface area (Å²) in [4.78, 5) is 13.9. The molecule has 0 heterocycles. The van der Waals surface area contributed by atoms with E-state index in [4.69, 9.17) is 5.73 Å². The monoisotopic (exact) mass is 260 g/mol. The molecule has 0 aliphatic carbocycles. The first kappa shape index (κ1) is 16.8. The maximum absolute atomic E-state index is 12.1. The molecule has 0 rings (SSSR count). The van der Waals surface area contributed by atoms with Crippen LogP contribution in [0.1, 0.15) is 33.6 Å². The smallest absolute Gasteiger partial charge is 0.222 e. The SMILES string of the molecule is CSCC(C)N(C)C(=O)CC(CN)CC(C)C. The third-order valence-electron chi connectivity index (χ3n) is 3.06. The van der Waals surface area contributed by atoms with Crippen LogP contribution >= 0.6 is 11.8 Å². The summed E-state index contributed by atoms with van der Waals surface area (Å²) >= 11 is 1.77. The number of amides is 1. The topological polar surface area (TPSA) is 46.3 Å². The van der Waals surface area contributed by atoms with E-state index in [0.717, 1.165) is 12.2 Å². The van der Waals surface area contributed by atoms with Crippen LogP contribution in [0.5, 0.6) is 0 Å². The molecule has 0 aromatic rings. The third kappa shape index (κ3) is 6.94. The molecular formula is C13H28N2OS. The molecular weight excluding hydrogens is 232 g/mol. The van der Waals surface area contributed by atoms with Gasteiger partial charge in [-0.3, -0.25) is 4.79 Å². The minimum atomic E-state index is 0.225. The van der Waals surface area contributed by atoms with Gasteiger partial charge in [0.1, 0.15) is 0 Å². The lowest BCUT2D eigenvalue weighted by atomic mass is 9.93. The van der Waals surface area contributed by atoms with Crippen LogP contribution in [0.15, 0.2) is 0 Å². The second-order valence-corrected chi connectivity index (χ2v) is 6.16. The maximum Gasteiger partial charge on any atom is 0.222 e. The fourth-order valence-electron chi connectivity index (χ4n) is 1.92. The summed E-state index contributed by atoms with van der Waals surface area (Å²) in [5, 5.41) is 0. The summed E-state index contributed by atoms with van der Waals surface area (Å²) in [5.74, 6) is 2.14. The Morgan fingerprint density at radius 2 is 1.94 bits per heavy atom. The highest BCUT2D eigenvalue weighted by Gasteiger charge is 2.19. The van der Waals surface area contributed by atoms with E-state index in [1.807, 2.05) is 11.9 Å². The van der Waals surface area contributed by atoms with Gasteiger partial charge in [-0.15, -0.1) is 0 Å². The number of hydrogen-bond donors (Lipinski definition) is 1. The first-order valence-corrected chi connectivity index (χ1v) is 7.76. The van der Waals surface area contributed by atoms with E-state index in [-0.39, 0.29) is 5.91 Å². The first-order valence-electron chi connectivity index (χ1n) is 6.37. The van der Waals surface area contributed by atoms with Crippen molar-refractivity contribution in [1.82, 2.24) is 4.90 Å². The highest BCUT2D eigenvalue weighted by molar-refractivity contribution is 7.98. The molecule has 0 saturated heterocycles. The van der Waals surface area contributed by atoms with Gasteiger partial charge >= 0.3 is 0 Å². The van der Waals surface area contributed by atoms with Crippen molar-refractivity contribution in [1.29, 1.82) is 0 Å². The molecule has 4 heteroatoms. The zero-order valence-corrected chi connectivity index (χ0v) is 12.7. The van der Waals surface area contributed by atoms with E-state index in [2.05, 4.69) is 27.0 Å². The molecule has 0 fully saturated rings. The second kappa shape index (κ2) is 8.81. The van der Waals surface area contributed by atoms with E-state index in [0.29, 0.717) is 30.8 Å². The molecule has 0 aliphatic heterocycles. The quantitative estimate of drug-likeness (QED) is 0.728. The molecule has 1 amide bonds. The number of carbonyl (C=O) groups is 1. The van der Waals surface area contributed by atoms with Gasteiger partial charge in [0.05, 0.1) is 0 Å². The van der Waals surface area contributed by atoms with Gasteiger partial charge in [0, 0.05) is 25.3 Å². The summed E-state index contributed by atoms with van der Waals surface area (Å²) in [6.45, 7) is 7.05. The molecule has 2 unspecified atom stereocenters. The van der Waals surface area contributed by atoms with Crippen LogP contribution in [0.25, 0.3) is 0 Å². The van der Waals surface area contributed by atoms with E-state index in [1.54, 1.807) is 11.8 Å². The molecule has 0 aliphatic rings. The fraction of sp³-hybridized carbons (Fsp3) is 0.923. The van der Waals surface area contributed by atoms with Gasteiger partial charge in [-0.05, 0) is 38.0 Å². The summed E-state index contributed by atoms with van der Waals surface area (Å²) in [6.07, 6.45) is 3.69. The van der Waals surface area contributed by atoms with Crippen molar-refractivity contribution < 1.29 is 4.79 Å². The van der Waals surface area contributed by atoms with Gasteiger partial charge in [-0.25, -0.2) is 0 Å². The predicted octanol–water partition coefficient (Wildman–Crippen LogP) is 2.21. The molecule has 0 saturated carbocycles. The minimum absolute atomic E-state index is 0.225. The van der Waals surface area contributed by atoms with Crippen molar-refractivity contribution in [3.63, 3.8) is 0 Å². The molecule has 0 radical (unpaired) electrons. The van der Waals surface area contributed by atoms with Crippen molar-refractivity contribution in [3.05, 3.63) is 0 Å². The summed E-state index contributed by atoms with van der Waals surface area (Å²) in [5.41, 5.74) is 5.73. The lowest BCUT2D eigenvalue weighted by molar-refractivity contribution is -0.132. The van der Waals surface area contributed by atoms with Crippen LogP contribution in [0.4, 0.5) is 0 Å². The van der Waals surface area contributed by atoms with Crippen LogP contribution in [-0.4, -0.2) is 42.4 Å². The molecule has 2 atom stereocenters. The van der Waals surface area contributed by atoms with Crippen molar-refractivity contribution in [3.8, 4) is 0 Å². The van der Waals surface area contributed by atoms with Gasteiger partial charge in [-0.2, -0.15) is 11.8 Å². The number of carbonyl (C=O) groups excluding carboxylic acids is 1. The number of hydrogen-bond acceptors (Lipinski definition) is 3. The highest BCUT2D eigenvalue weighted by Crippen LogP contribution is 2.16. The standard InChI is InChI=1S/C13H28N2OS/c1-10(2)6-12(8-14)7-13(16)15(4)11(3)9-17-5/h10-12H,6-9,14H2,1-5H3. The van der Waals surface area contributed by atoms with Crippen LogP contribution in [0.3, 0.4) is 0 Å². The molecule has 0 bridgehead atoms. The molecule has 0 spiro atoms. The number of nitrogens with zero attached hydrogens (tertiary/aromatic N) is 1. The van der Waals surface area contributed by atoms with E-state index in [1.165, 1.54) is 0 Å². The van der Waals surface area contributed by atoms with E-state index < -0.39 is 0 Å². The van der Waals surface area contributed by atoms with Crippen LogP contribution in [0, 0.1) is 11.8 Å². The molecule has 102 valence electrons. The Morgan fingerprint density at radius 3 is 2.35 bits per heavy atom. The van der Waals surface area contributed by atoms with Crippen molar-refractivity contribution in [2.75, 3.05) is 25.6 Å². The van der Waals surface area contributed by atoms with Crippen molar-refractivity contribution in [2.45, 2.75) is 39.7 Å². The maximum atomic E-state index is 12.1. The minimum Gasteiger partial charge on any atom is -0.342 e. The Labute approximate surface area is 111 Å². The Hall–Kier alpha value is -0.220. The van der Waals surface area contributed by atoms with Crippen LogP contribution < -0.4 is 5.73 Å². The van der Waals surface area contributed by atoms with Gasteiger partial charge < -0.3 is 10.6 Å². The Balaban J connectivity index is 4.20. The molecule has 0 aromatic carbocycles. The zero-order valence-electron chi connectivity index (χ0n) is 11.9. The van der Waals surface area contributed by atoms with Crippen LogP contribution in [-0.2, 0) is 4.79 Å². The predicted molar refractivity (Wildman–Crippen MR) is 77.2 cm³/mol. The fourth-order valence-corrected chi connectivity index (χ4v) is 2.63. The lowest BCUT2D eigenvalue weighted by Gasteiger charge is -2.26. The van der Waals surface area contributed by atoms with Gasteiger partial charge in [-0.1, -0.05) is 13.8 Å². The Bertz CT molecular complexity index is 221. The van der Waals surface area contributed by atoms with Gasteiger partial charge in [0.25, 0.3) is 0 Å². The summed E-state index contributed by atoms with van der Waals surface area (Å²) in [7, 11) is 1.90.